The molecule has 0 bridgehead atoms. The fraction of sp³-hybridized carbons (Fsp3) is 0.438. The molecule has 0 unspecified atom stereocenters. The van der Waals surface area contributed by atoms with Crippen molar-refractivity contribution in [3.63, 3.8) is 0 Å². The Labute approximate surface area is 156 Å². The van der Waals surface area contributed by atoms with Crippen LogP contribution >= 0.6 is 22.9 Å². The van der Waals surface area contributed by atoms with Crippen LogP contribution in [-0.4, -0.2) is 28.5 Å². The van der Waals surface area contributed by atoms with E-state index in [1.807, 2.05) is 18.6 Å². The van der Waals surface area contributed by atoms with E-state index in [1.165, 1.54) is 11.3 Å². The van der Waals surface area contributed by atoms with Crippen molar-refractivity contribution in [1.29, 1.82) is 0 Å². The number of piperidine rings is 1. The number of nitrogens with zero attached hydrogens (tertiary/aromatic N) is 4. The molecule has 0 saturated carbocycles. The van der Waals surface area contributed by atoms with Crippen molar-refractivity contribution in [2.24, 2.45) is 18.0 Å². The van der Waals surface area contributed by atoms with E-state index in [-0.39, 0.29) is 16.8 Å². The summed E-state index contributed by atoms with van der Waals surface area (Å²) in [5.41, 5.74) is -0.876. The highest BCUT2D eigenvalue weighted by Crippen LogP contribution is 2.34. The van der Waals surface area contributed by atoms with Crippen molar-refractivity contribution in [3.05, 3.63) is 39.2 Å². The minimum absolute atomic E-state index is 0.0418. The van der Waals surface area contributed by atoms with Gasteiger partial charge in [0.2, 0.25) is 0 Å². The Bertz CT molecular complexity index is 869. The average molecular weight is 405 g/mol. The number of hydrogen-bond donors (Lipinski definition) is 0. The molecule has 0 aliphatic carbocycles. The summed E-state index contributed by atoms with van der Waals surface area (Å²) in [4.78, 5) is 22.8. The van der Waals surface area contributed by atoms with Crippen LogP contribution in [0.15, 0.2) is 28.8 Å². The van der Waals surface area contributed by atoms with Crippen molar-refractivity contribution < 1.29 is 18.0 Å². The fourth-order valence-corrected chi connectivity index (χ4v) is 3.80. The first-order valence-corrected chi connectivity index (χ1v) is 9.18. The number of amides is 1. The summed E-state index contributed by atoms with van der Waals surface area (Å²) in [7, 11) is 1.82. The van der Waals surface area contributed by atoms with Crippen LogP contribution in [0.2, 0.25) is 5.02 Å². The quantitative estimate of drug-likeness (QED) is 0.769. The molecular formula is C16H16ClF3N4OS. The Balaban J connectivity index is 1.67. The summed E-state index contributed by atoms with van der Waals surface area (Å²) < 4.78 is 39.9. The van der Waals surface area contributed by atoms with Crippen molar-refractivity contribution in [1.82, 2.24) is 9.55 Å². The summed E-state index contributed by atoms with van der Waals surface area (Å²) in [6, 6.07) is 0.882. The minimum atomic E-state index is -4.48. The first-order chi connectivity index (χ1) is 12.3. The Morgan fingerprint density at radius 2 is 2.08 bits per heavy atom. The molecule has 1 aliphatic heterocycles. The molecule has 3 heterocycles. The van der Waals surface area contributed by atoms with Crippen LogP contribution in [0.25, 0.3) is 0 Å². The third kappa shape index (κ3) is 4.09. The van der Waals surface area contributed by atoms with E-state index in [0.717, 1.165) is 12.3 Å². The van der Waals surface area contributed by atoms with Gasteiger partial charge in [-0.1, -0.05) is 11.6 Å². The van der Waals surface area contributed by atoms with Gasteiger partial charge in [-0.15, -0.1) is 11.3 Å². The highest BCUT2D eigenvalue weighted by molar-refractivity contribution is 7.07. The third-order valence-electron chi connectivity index (χ3n) is 4.26. The predicted octanol–water partition coefficient (Wildman–Crippen LogP) is 3.50. The van der Waals surface area contributed by atoms with Gasteiger partial charge < -0.3 is 9.47 Å². The van der Waals surface area contributed by atoms with E-state index >= 15 is 0 Å². The van der Waals surface area contributed by atoms with Gasteiger partial charge in [0.05, 0.1) is 10.6 Å². The van der Waals surface area contributed by atoms with Crippen LogP contribution in [0.4, 0.5) is 19.0 Å². The normalized spacial score (nSPS) is 17.0. The number of anilines is 1. The number of carbonyl (C=O) groups is 1. The molecule has 2 aromatic rings. The smallest absolute Gasteiger partial charge is 0.355 e. The maximum Gasteiger partial charge on any atom is 0.417 e. The lowest BCUT2D eigenvalue weighted by molar-refractivity contribution is -0.137. The predicted molar refractivity (Wildman–Crippen MR) is 93.0 cm³/mol. The van der Waals surface area contributed by atoms with Crippen molar-refractivity contribution >= 4 is 34.7 Å². The maximum absolute atomic E-state index is 12.7. The second kappa shape index (κ2) is 7.40. The number of alkyl halides is 3. The molecule has 1 aliphatic rings. The van der Waals surface area contributed by atoms with Crippen LogP contribution in [-0.2, 0) is 18.0 Å². The zero-order valence-corrected chi connectivity index (χ0v) is 15.4. The first-order valence-electron chi connectivity index (χ1n) is 7.92. The molecule has 0 aromatic carbocycles. The molecule has 1 fully saturated rings. The Kier molecular flexibility index (Phi) is 5.38. The molecule has 3 rings (SSSR count). The highest BCUT2D eigenvalue weighted by Gasteiger charge is 2.33. The number of aromatic nitrogens is 2. The molecule has 0 N–H and O–H groups in total. The summed E-state index contributed by atoms with van der Waals surface area (Å²) in [5.74, 6) is -0.0667. The largest absolute Gasteiger partial charge is 0.417 e. The Morgan fingerprint density at radius 3 is 2.62 bits per heavy atom. The van der Waals surface area contributed by atoms with Crippen molar-refractivity contribution in [2.45, 2.75) is 19.0 Å². The molecule has 2 aromatic heterocycles. The number of pyridine rings is 1. The monoisotopic (exact) mass is 404 g/mol. The second-order valence-electron chi connectivity index (χ2n) is 6.04. The molecule has 140 valence electrons. The molecule has 10 heteroatoms. The lowest BCUT2D eigenvalue weighted by atomic mass is 9.96. The van der Waals surface area contributed by atoms with Crippen LogP contribution < -0.4 is 9.70 Å². The minimum Gasteiger partial charge on any atom is -0.355 e. The fourth-order valence-electron chi connectivity index (χ4n) is 2.78. The lowest BCUT2D eigenvalue weighted by Gasteiger charge is -2.32. The Morgan fingerprint density at radius 1 is 1.38 bits per heavy atom. The molecule has 0 spiro atoms. The van der Waals surface area contributed by atoms with E-state index in [4.69, 9.17) is 11.6 Å². The molecular weight excluding hydrogens is 389 g/mol. The van der Waals surface area contributed by atoms with Gasteiger partial charge in [0.15, 0.2) is 4.80 Å². The van der Waals surface area contributed by atoms with Crippen molar-refractivity contribution in [2.75, 3.05) is 18.0 Å². The topological polar surface area (TPSA) is 50.5 Å². The zero-order valence-electron chi connectivity index (χ0n) is 13.8. The standard InChI is InChI=1S/C16H16ClF3N4OS/c1-23-6-7-26-15(23)22-14(25)10-2-4-24(5-3-10)13-12(17)8-11(9-21-13)16(18,19)20/h6-10H,2-5H2,1H3. The zero-order chi connectivity index (χ0) is 18.9. The summed E-state index contributed by atoms with van der Waals surface area (Å²) in [6.45, 7) is 0.973. The van der Waals surface area contributed by atoms with Crippen LogP contribution in [0.3, 0.4) is 0 Å². The number of rotatable bonds is 2. The van der Waals surface area contributed by atoms with Crippen LogP contribution in [0.5, 0.6) is 0 Å². The number of aryl methyl sites for hydroxylation is 1. The SMILES string of the molecule is Cn1ccsc1=NC(=O)C1CCN(c2ncc(C(F)(F)F)cc2Cl)CC1. The van der Waals surface area contributed by atoms with E-state index in [9.17, 15) is 18.0 Å². The molecule has 1 amide bonds. The van der Waals surface area contributed by atoms with Gasteiger partial charge in [-0.25, -0.2) is 4.98 Å². The molecule has 1 saturated heterocycles. The summed E-state index contributed by atoms with van der Waals surface area (Å²) in [5, 5.41) is 1.81. The van der Waals surface area contributed by atoms with Gasteiger partial charge in [-0.2, -0.15) is 18.2 Å². The van der Waals surface area contributed by atoms with E-state index in [0.29, 0.717) is 36.6 Å². The van der Waals surface area contributed by atoms with Gasteiger partial charge in [0.25, 0.3) is 5.91 Å². The number of halogens is 4. The molecule has 26 heavy (non-hydrogen) atoms. The number of carbonyl (C=O) groups excluding carboxylic acids is 1. The van der Waals surface area contributed by atoms with Crippen LogP contribution in [0, 0.1) is 5.92 Å². The molecule has 5 nitrogen and oxygen atoms in total. The molecule has 0 radical (unpaired) electrons. The van der Waals surface area contributed by atoms with Gasteiger partial charge >= 0.3 is 6.18 Å². The van der Waals surface area contributed by atoms with E-state index < -0.39 is 11.7 Å². The number of thiazole rings is 1. The summed E-state index contributed by atoms with van der Waals surface area (Å²) >= 11 is 7.38. The maximum atomic E-state index is 12.7. The summed E-state index contributed by atoms with van der Waals surface area (Å²) in [6.07, 6.45) is -0.761. The Hall–Kier alpha value is -1.87. The second-order valence-corrected chi connectivity index (χ2v) is 7.32. The van der Waals surface area contributed by atoms with Gasteiger partial charge in [0.1, 0.15) is 5.82 Å². The van der Waals surface area contributed by atoms with Gasteiger partial charge in [0, 0.05) is 43.8 Å². The van der Waals surface area contributed by atoms with E-state index in [1.54, 1.807) is 9.47 Å². The average Bonchev–Trinajstić information content (AvgIpc) is 2.99. The van der Waals surface area contributed by atoms with Gasteiger partial charge in [-0.3, -0.25) is 4.79 Å². The van der Waals surface area contributed by atoms with Crippen LogP contribution in [0.1, 0.15) is 18.4 Å². The highest BCUT2D eigenvalue weighted by atomic mass is 35.5. The van der Waals surface area contributed by atoms with E-state index in [2.05, 4.69) is 9.98 Å². The van der Waals surface area contributed by atoms with Crippen molar-refractivity contribution in [3.8, 4) is 0 Å². The number of hydrogen-bond acceptors (Lipinski definition) is 4. The van der Waals surface area contributed by atoms with Gasteiger partial charge in [-0.05, 0) is 18.9 Å². The third-order valence-corrected chi connectivity index (χ3v) is 5.38. The first kappa shape index (κ1) is 18.9. The lowest BCUT2D eigenvalue weighted by Crippen LogP contribution is -2.37. The molecule has 0 atom stereocenters.